The van der Waals surface area contributed by atoms with E-state index in [4.69, 9.17) is 0 Å². The number of aromatic amines is 1. The Morgan fingerprint density at radius 1 is 1.31 bits per heavy atom. The predicted octanol–water partition coefficient (Wildman–Crippen LogP) is 3.03. The van der Waals surface area contributed by atoms with Crippen molar-refractivity contribution >= 4 is 21.6 Å². The fraction of sp³-hybridized carbons (Fsp3) is 0.500. The molecule has 1 saturated carbocycles. The highest BCUT2D eigenvalue weighted by Crippen LogP contribution is 2.30. The Labute approximate surface area is 97.5 Å². The Hall–Kier alpha value is -1.16. The molecule has 0 atom stereocenters. The highest BCUT2D eigenvalue weighted by molar-refractivity contribution is 7.17. The molecular weight excluding hydrogens is 220 g/mol. The Morgan fingerprint density at radius 3 is 2.94 bits per heavy atom. The molecule has 0 aromatic carbocycles. The maximum atomic E-state index is 11.8. The molecule has 2 aromatic heterocycles. The van der Waals surface area contributed by atoms with Crippen LogP contribution in [0.4, 0.5) is 0 Å². The van der Waals surface area contributed by atoms with Gasteiger partial charge in [-0.3, -0.25) is 4.79 Å². The number of aromatic nitrogens is 2. The van der Waals surface area contributed by atoms with Gasteiger partial charge in [0.2, 0.25) is 0 Å². The van der Waals surface area contributed by atoms with Crippen LogP contribution in [0.25, 0.3) is 10.2 Å². The van der Waals surface area contributed by atoms with Crippen LogP contribution in [0.2, 0.25) is 0 Å². The van der Waals surface area contributed by atoms with Crippen molar-refractivity contribution in [3.05, 3.63) is 27.6 Å². The standard InChI is InChI=1S/C12H14N2OS/c15-12-10-9(6-7-16-10)13-11(14-12)8-4-2-1-3-5-8/h6-8H,1-5H2,(H,13,14,15). The largest absolute Gasteiger partial charge is 0.309 e. The third-order valence-corrected chi connectivity index (χ3v) is 4.23. The molecule has 0 saturated heterocycles. The van der Waals surface area contributed by atoms with E-state index in [0.29, 0.717) is 5.92 Å². The fourth-order valence-corrected chi connectivity index (χ4v) is 3.19. The third-order valence-electron chi connectivity index (χ3n) is 3.33. The van der Waals surface area contributed by atoms with Gasteiger partial charge in [0.05, 0.1) is 5.52 Å². The summed E-state index contributed by atoms with van der Waals surface area (Å²) in [6.07, 6.45) is 6.17. The number of rotatable bonds is 1. The SMILES string of the molecule is O=c1[nH]c(C2CCCCC2)nc2ccsc12. The lowest BCUT2D eigenvalue weighted by Crippen LogP contribution is -2.15. The first-order valence-corrected chi connectivity index (χ1v) is 6.70. The van der Waals surface area contributed by atoms with Crippen molar-refractivity contribution in [2.24, 2.45) is 0 Å². The van der Waals surface area contributed by atoms with E-state index in [9.17, 15) is 4.79 Å². The molecule has 1 aliphatic rings. The second-order valence-corrected chi connectivity index (χ2v) is 5.34. The summed E-state index contributed by atoms with van der Waals surface area (Å²) in [5.41, 5.74) is 0.884. The molecule has 3 nitrogen and oxygen atoms in total. The monoisotopic (exact) mass is 234 g/mol. The third kappa shape index (κ3) is 1.67. The lowest BCUT2D eigenvalue weighted by molar-refractivity contribution is 0.429. The molecule has 0 bridgehead atoms. The van der Waals surface area contributed by atoms with E-state index in [-0.39, 0.29) is 5.56 Å². The van der Waals surface area contributed by atoms with Gasteiger partial charge in [0.15, 0.2) is 0 Å². The maximum Gasteiger partial charge on any atom is 0.268 e. The first-order chi connectivity index (χ1) is 7.84. The smallest absolute Gasteiger partial charge is 0.268 e. The number of hydrogen-bond acceptors (Lipinski definition) is 3. The molecule has 84 valence electrons. The number of fused-ring (bicyclic) bond motifs is 1. The minimum atomic E-state index is 0.0283. The minimum absolute atomic E-state index is 0.0283. The van der Waals surface area contributed by atoms with Gasteiger partial charge in [0.25, 0.3) is 5.56 Å². The highest BCUT2D eigenvalue weighted by atomic mass is 32.1. The molecule has 0 radical (unpaired) electrons. The molecule has 0 aliphatic heterocycles. The van der Waals surface area contributed by atoms with Crippen LogP contribution in [0.15, 0.2) is 16.2 Å². The van der Waals surface area contributed by atoms with Crippen LogP contribution in [0.3, 0.4) is 0 Å². The van der Waals surface area contributed by atoms with Gasteiger partial charge >= 0.3 is 0 Å². The summed E-state index contributed by atoms with van der Waals surface area (Å²) in [4.78, 5) is 19.3. The van der Waals surface area contributed by atoms with Crippen LogP contribution in [-0.4, -0.2) is 9.97 Å². The summed E-state index contributed by atoms with van der Waals surface area (Å²) in [7, 11) is 0. The summed E-state index contributed by atoms with van der Waals surface area (Å²) in [5, 5.41) is 1.93. The first-order valence-electron chi connectivity index (χ1n) is 5.82. The number of hydrogen-bond donors (Lipinski definition) is 1. The number of thiophene rings is 1. The van der Waals surface area contributed by atoms with E-state index in [0.717, 1.165) is 16.0 Å². The Balaban J connectivity index is 2.06. The van der Waals surface area contributed by atoms with Crippen molar-refractivity contribution in [3.63, 3.8) is 0 Å². The molecule has 2 heterocycles. The van der Waals surface area contributed by atoms with Gasteiger partial charge in [-0.15, -0.1) is 11.3 Å². The summed E-state index contributed by atoms with van der Waals surface area (Å²) < 4.78 is 0.750. The van der Waals surface area contributed by atoms with E-state index in [1.165, 1.54) is 43.4 Å². The van der Waals surface area contributed by atoms with Crippen LogP contribution in [-0.2, 0) is 0 Å². The summed E-state index contributed by atoms with van der Waals surface area (Å²) in [6.45, 7) is 0. The zero-order valence-corrected chi connectivity index (χ0v) is 9.85. The lowest BCUT2D eigenvalue weighted by atomic mass is 9.89. The van der Waals surface area contributed by atoms with Crippen molar-refractivity contribution in [1.29, 1.82) is 0 Å². The average Bonchev–Trinajstić information content (AvgIpc) is 2.79. The Morgan fingerprint density at radius 2 is 2.12 bits per heavy atom. The van der Waals surface area contributed by atoms with Crippen molar-refractivity contribution in [2.75, 3.05) is 0 Å². The highest BCUT2D eigenvalue weighted by Gasteiger charge is 2.18. The van der Waals surface area contributed by atoms with Gasteiger partial charge in [-0.2, -0.15) is 0 Å². The van der Waals surface area contributed by atoms with E-state index in [2.05, 4.69) is 9.97 Å². The fourth-order valence-electron chi connectivity index (χ4n) is 2.46. The van der Waals surface area contributed by atoms with Crippen LogP contribution in [0.5, 0.6) is 0 Å². The van der Waals surface area contributed by atoms with Gasteiger partial charge in [-0.1, -0.05) is 19.3 Å². The molecule has 3 rings (SSSR count). The zero-order chi connectivity index (χ0) is 11.0. The average molecular weight is 234 g/mol. The Kier molecular flexibility index (Phi) is 2.52. The molecule has 4 heteroatoms. The van der Waals surface area contributed by atoms with Gasteiger partial charge in [-0.05, 0) is 24.3 Å². The van der Waals surface area contributed by atoms with Crippen LogP contribution in [0, 0.1) is 0 Å². The molecule has 16 heavy (non-hydrogen) atoms. The van der Waals surface area contributed by atoms with E-state index >= 15 is 0 Å². The molecule has 0 spiro atoms. The lowest BCUT2D eigenvalue weighted by Gasteiger charge is -2.20. The van der Waals surface area contributed by atoms with Crippen molar-refractivity contribution in [3.8, 4) is 0 Å². The molecule has 0 amide bonds. The molecule has 1 N–H and O–H groups in total. The van der Waals surface area contributed by atoms with Crippen molar-refractivity contribution in [1.82, 2.24) is 9.97 Å². The number of nitrogens with one attached hydrogen (secondary N) is 1. The molecule has 1 fully saturated rings. The van der Waals surface area contributed by atoms with Gasteiger partial charge in [-0.25, -0.2) is 4.98 Å². The molecule has 1 aliphatic carbocycles. The van der Waals surface area contributed by atoms with Crippen LogP contribution in [0.1, 0.15) is 43.8 Å². The van der Waals surface area contributed by atoms with E-state index in [1.54, 1.807) is 0 Å². The topological polar surface area (TPSA) is 45.8 Å². The zero-order valence-electron chi connectivity index (χ0n) is 9.03. The Bertz CT molecular complexity index is 551. The molecule has 0 unspecified atom stereocenters. The predicted molar refractivity (Wildman–Crippen MR) is 66.1 cm³/mol. The number of nitrogens with zero attached hydrogens (tertiary/aromatic N) is 1. The van der Waals surface area contributed by atoms with E-state index < -0.39 is 0 Å². The summed E-state index contributed by atoms with van der Waals surface area (Å²) in [6, 6.07) is 1.93. The first kappa shape index (κ1) is 10.0. The van der Waals surface area contributed by atoms with Crippen molar-refractivity contribution in [2.45, 2.75) is 38.0 Å². The van der Waals surface area contributed by atoms with Gasteiger partial charge in [0.1, 0.15) is 10.5 Å². The quantitative estimate of drug-likeness (QED) is 0.824. The number of H-pyrrole nitrogens is 1. The van der Waals surface area contributed by atoms with E-state index in [1.807, 2.05) is 11.4 Å². The minimum Gasteiger partial charge on any atom is -0.309 e. The summed E-state index contributed by atoms with van der Waals surface area (Å²) in [5.74, 6) is 1.36. The van der Waals surface area contributed by atoms with Crippen molar-refractivity contribution < 1.29 is 0 Å². The second-order valence-electron chi connectivity index (χ2n) is 4.42. The molecule has 2 aromatic rings. The summed E-state index contributed by atoms with van der Waals surface area (Å²) >= 11 is 1.46. The maximum absolute atomic E-state index is 11.8. The molecular formula is C12H14N2OS. The van der Waals surface area contributed by atoms with Gasteiger partial charge in [0, 0.05) is 5.92 Å². The van der Waals surface area contributed by atoms with Crippen LogP contribution >= 0.6 is 11.3 Å². The van der Waals surface area contributed by atoms with Crippen LogP contribution < -0.4 is 5.56 Å². The van der Waals surface area contributed by atoms with Gasteiger partial charge < -0.3 is 4.98 Å². The normalized spacial score (nSPS) is 18.0. The second kappa shape index (κ2) is 4.01.